The van der Waals surface area contributed by atoms with E-state index in [0.29, 0.717) is 0 Å². The minimum absolute atomic E-state index is 0.149. The van der Waals surface area contributed by atoms with Crippen molar-refractivity contribution in [2.75, 3.05) is 0 Å². The lowest BCUT2D eigenvalue weighted by atomic mass is 10.2. The van der Waals surface area contributed by atoms with Crippen molar-refractivity contribution in [2.45, 2.75) is 13.1 Å². The summed E-state index contributed by atoms with van der Waals surface area (Å²) < 4.78 is 36.3. The molecule has 0 aliphatic rings. The van der Waals surface area contributed by atoms with Gasteiger partial charge in [-0.3, -0.25) is 10.1 Å². The van der Waals surface area contributed by atoms with E-state index in [-0.39, 0.29) is 5.56 Å². The highest BCUT2D eigenvalue weighted by molar-refractivity contribution is 6.67. The number of alkyl halides is 3. The summed E-state index contributed by atoms with van der Waals surface area (Å²) in [6.07, 6.45) is -3.75. The monoisotopic (exact) mass is 267 g/mol. The quantitative estimate of drug-likeness (QED) is 0.469. The van der Waals surface area contributed by atoms with Crippen LogP contribution in [0.1, 0.15) is 5.56 Å². The first-order chi connectivity index (χ1) is 7.73. The molecule has 0 radical (unpaired) electrons. The van der Waals surface area contributed by atoms with Gasteiger partial charge < -0.3 is 0 Å². The van der Waals surface area contributed by atoms with Gasteiger partial charge in [0.25, 0.3) is 0 Å². The molecule has 1 aromatic heterocycles. The summed E-state index contributed by atoms with van der Waals surface area (Å²) >= 11 is 4.88. The number of aliphatic imine (C=N–C) groups is 1. The van der Waals surface area contributed by atoms with Gasteiger partial charge in [-0.1, -0.05) is 11.6 Å². The van der Waals surface area contributed by atoms with E-state index in [0.717, 1.165) is 6.20 Å². The number of nitrogens with zero attached hydrogens (tertiary/aromatic N) is 3. The van der Waals surface area contributed by atoms with Crippen molar-refractivity contribution >= 4 is 28.3 Å². The van der Waals surface area contributed by atoms with E-state index in [1.54, 1.807) is 0 Å². The third-order valence-electron chi connectivity index (χ3n) is 1.73. The minimum atomic E-state index is -4.86. The van der Waals surface area contributed by atoms with Gasteiger partial charge in [-0.2, -0.15) is 13.2 Å². The van der Waals surface area contributed by atoms with Crippen molar-refractivity contribution < 1.29 is 18.1 Å². The third-order valence-corrected chi connectivity index (χ3v) is 2.03. The molecule has 0 bridgehead atoms. The number of rotatable bonds is 2. The van der Waals surface area contributed by atoms with Crippen molar-refractivity contribution in [1.29, 1.82) is 0 Å². The van der Waals surface area contributed by atoms with Crippen LogP contribution in [-0.2, 0) is 0 Å². The van der Waals surface area contributed by atoms with E-state index in [2.05, 4.69) is 9.98 Å². The largest absolute Gasteiger partial charge is 0.444 e. The van der Waals surface area contributed by atoms with Crippen LogP contribution < -0.4 is 0 Å². The molecule has 17 heavy (non-hydrogen) atoms. The summed E-state index contributed by atoms with van der Waals surface area (Å²) in [4.78, 5) is 16.1. The molecule has 1 aromatic rings. The predicted octanol–water partition coefficient (Wildman–Crippen LogP) is 3.13. The van der Waals surface area contributed by atoms with Gasteiger partial charge in [-0.25, -0.2) is 9.98 Å². The Labute approximate surface area is 98.1 Å². The summed E-state index contributed by atoms with van der Waals surface area (Å²) in [7, 11) is 0. The second-order valence-corrected chi connectivity index (χ2v) is 3.32. The van der Waals surface area contributed by atoms with E-state index >= 15 is 0 Å². The summed E-state index contributed by atoms with van der Waals surface area (Å²) in [5.74, 6) is -0.669. The second-order valence-electron chi connectivity index (χ2n) is 2.96. The maximum Gasteiger partial charge on any atom is 0.444 e. The van der Waals surface area contributed by atoms with Gasteiger partial charge in [-0.15, -0.1) is 0 Å². The van der Waals surface area contributed by atoms with Crippen molar-refractivity contribution in [3.63, 3.8) is 0 Å². The average molecular weight is 268 g/mol. The van der Waals surface area contributed by atoms with E-state index in [4.69, 9.17) is 11.6 Å². The molecule has 0 amide bonds. The van der Waals surface area contributed by atoms with Gasteiger partial charge >= 0.3 is 11.9 Å². The van der Waals surface area contributed by atoms with Crippen LogP contribution in [-0.4, -0.2) is 21.3 Å². The van der Waals surface area contributed by atoms with E-state index in [1.165, 1.54) is 13.0 Å². The molecule has 0 spiro atoms. The Morgan fingerprint density at radius 1 is 1.59 bits per heavy atom. The fraction of sp³-hybridized carbons (Fsp3) is 0.250. The van der Waals surface area contributed by atoms with Crippen LogP contribution in [0.5, 0.6) is 0 Å². The van der Waals surface area contributed by atoms with Crippen LogP contribution in [0.4, 0.5) is 24.7 Å². The zero-order chi connectivity index (χ0) is 13.2. The molecule has 1 rings (SSSR count). The second kappa shape index (κ2) is 4.66. The number of hydrogen-bond donors (Lipinski definition) is 0. The van der Waals surface area contributed by atoms with Crippen molar-refractivity contribution in [3.8, 4) is 0 Å². The molecular formula is C8H5ClF3N3O2. The van der Waals surface area contributed by atoms with Crippen LogP contribution in [0.2, 0.25) is 0 Å². The lowest BCUT2D eigenvalue weighted by molar-refractivity contribution is -0.384. The van der Waals surface area contributed by atoms with E-state index in [1.807, 2.05) is 0 Å². The van der Waals surface area contributed by atoms with Gasteiger partial charge in [0.05, 0.1) is 4.92 Å². The molecule has 0 saturated carbocycles. The van der Waals surface area contributed by atoms with Crippen LogP contribution in [0.25, 0.3) is 0 Å². The molecule has 9 heteroatoms. The molecule has 0 aliphatic carbocycles. The molecule has 0 unspecified atom stereocenters. The lowest BCUT2D eigenvalue weighted by Gasteiger charge is -2.03. The molecule has 0 aromatic carbocycles. The molecular weight excluding hydrogens is 263 g/mol. The Morgan fingerprint density at radius 3 is 2.65 bits per heavy atom. The highest BCUT2D eigenvalue weighted by Gasteiger charge is 2.35. The number of pyridine rings is 1. The van der Waals surface area contributed by atoms with Crippen molar-refractivity contribution in [3.05, 3.63) is 27.9 Å². The van der Waals surface area contributed by atoms with Gasteiger partial charge in [0.1, 0.15) is 0 Å². The van der Waals surface area contributed by atoms with Crippen LogP contribution in [0.3, 0.4) is 0 Å². The van der Waals surface area contributed by atoms with Crippen LogP contribution in [0.15, 0.2) is 17.3 Å². The van der Waals surface area contributed by atoms with Gasteiger partial charge in [0.15, 0.2) is 0 Å². The van der Waals surface area contributed by atoms with Gasteiger partial charge in [-0.05, 0) is 13.0 Å². The fourth-order valence-corrected chi connectivity index (χ4v) is 1.08. The number of halogens is 4. The highest BCUT2D eigenvalue weighted by atomic mass is 35.5. The molecule has 0 atom stereocenters. The number of nitro groups is 1. The average Bonchev–Trinajstić information content (AvgIpc) is 2.15. The van der Waals surface area contributed by atoms with Crippen LogP contribution >= 0.6 is 11.6 Å². The van der Waals surface area contributed by atoms with Crippen LogP contribution in [0, 0.1) is 17.0 Å². The fourth-order valence-electron chi connectivity index (χ4n) is 1.000. The Morgan fingerprint density at radius 2 is 2.18 bits per heavy atom. The molecule has 1 heterocycles. The Bertz CT molecular complexity index is 487. The first-order valence-electron chi connectivity index (χ1n) is 4.15. The topological polar surface area (TPSA) is 68.4 Å². The van der Waals surface area contributed by atoms with Gasteiger partial charge in [0, 0.05) is 11.8 Å². The van der Waals surface area contributed by atoms with E-state index < -0.39 is 27.8 Å². The summed E-state index contributed by atoms with van der Waals surface area (Å²) in [6.45, 7) is 1.36. The first kappa shape index (κ1) is 13.4. The molecule has 0 N–H and O–H groups in total. The number of aromatic nitrogens is 1. The maximum atomic E-state index is 12.1. The first-order valence-corrected chi connectivity index (χ1v) is 4.52. The molecule has 0 fully saturated rings. The van der Waals surface area contributed by atoms with Crippen molar-refractivity contribution in [1.82, 2.24) is 4.98 Å². The van der Waals surface area contributed by atoms with Gasteiger partial charge in [0.2, 0.25) is 11.0 Å². The maximum absolute atomic E-state index is 12.1. The minimum Gasteiger partial charge on any atom is -0.258 e. The summed E-state index contributed by atoms with van der Waals surface area (Å²) in [6, 6.07) is 1.29. The highest BCUT2D eigenvalue weighted by Crippen LogP contribution is 2.30. The Balaban J connectivity index is 3.34. The van der Waals surface area contributed by atoms with E-state index in [9.17, 15) is 23.3 Å². The number of hydrogen-bond acceptors (Lipinski definition) is 4. The normalized spacial score (nSPS) is 12.6. The van der Waals surface area contributed by atoms with Crippen molar-refractivity contribution in [2.24, 2.45) is 4.99 Å². The Hall–Kier alpha value is -1.70. The lowest BCUT2D eigenvalue weighted by Crippen LogP contribution is -2.16. The molecule has 0 aliphatic heterocycles. The summed E-state index contributed by atoms with van der Waals surface area (Å²) in [5.41, 5.74) is -0.453. The predicted molar refractivity (Wildman–Crippen MR) is 54.6 cm³/mol. The molecule has 92 valence electrons. The SMILES string of the molecule is Cc1ccnc(N=C(Cl)C(F)(F)F)c1[N+](=O)[O-]. The standard InChI is InChI=1S/C8H5ClF3N3O2/c1-4-2-3-13-6(5(4)15(16)17)14-7(9)8(10,11)12/h2-3H,1H3. The zero-order valence-corrected chi connectivity index (χ0v) is 9.08. The Kier molecular flexibility index (Phi) is 3.66. The zero-order valence-electron chi connectivity index (χ0n) is 8.32. The third kappa shape index (κ3) is 3.13. The smallest absolute Gasteiger partial charge is 0.258 e. The molecule has 5 nitrogen and oxygen atoms in total. The molecule has 0 saturated heterocycles. The summed E-state index contributed by atoms with van der Waals surface area (Å²) in [5, 5.41) is 8.94. The number of aryl methyl sites for hydroxylation is 1.